The number of hydrogen-bond acceptors (Lipinski definition) is 7. The molecule has 0 aliphatic carbocycles. The summed E-state index contributed by atoms with van der Waals surface area (Å²) in [6.07, 6.45) is 6.99. The average Bonchev–Trinajstić information content (AvgIpc) is 3.56. The standard InChI is InChI=1S/C34H42N6O5/c1-44-30-17-22-11-12-32(42)40-20-23-16-25(29(40)9-5-10-31(41)36-14-6-7-24(15-22)33(30)45-2)21-39(19-23)34(43)28-18-27(37-38-28)26-8-3-4-13-35-26/h3-4,8,13,15,17-18,23,25,29H,5-7,9-12,14,16,19-21H2,1-2H3,(H,36,41)(H,37,38)/t23-,25-,29-/m0/s1. The van der Waals surface area contributed by atoms with Gasteiger partial charge in [-0.15, -0.1) is 0 Å². The Hall–Kier alpha value is -4.41. The number of likely N-dealkylation sites (tertiary alicyclic amines) is 1. The van der Waals surface area contributed by atoms with Gasteiger partial charge in [-0.3, -0.25) is 24.5 Å². The topological polar surface area (TPSA) is 130 Å². The van der Waals surface area contributed by atoms with Gasteiger partial charge < -0.3 is 24.6 Å². The minimum atomic E-state index is -0.0870. The zero-order chi connectivity index (χ0) is 31.3. The van der Waals surface area contributed by atoms with Gasteiger partial charge in [-0.05, 0) is 85.8 Å². The van der Waals surface area contributed by atoms with Crippen LogP contribution in [-0.2, 0) is 22.4 Å². The highest BCUT2D eigenvalue weighted by molar-refractivity contribution is 5.93. The van der Waals surface area contributed by atoms with Crippen molar-refractivity contribution in [1.29, 1.82) is 0 Å². The number of aryl methyl sites for hydroxylation is 2. The predicted molar refractivity (Wildman–Crippen MR) is 168 cm³/mol. The summed E-state index contributed by atoms with van der Waals surface area (Å²) >= 11 is 0. The van der Waals surface area contributed by atoms with E-state index in [2.05, 4.69) is 31.5 Å². The first-order valence-corrected chi connectivity index (χ1v) is 16.0. The number of carbonyl (C=O) groups is 3. The second kappa shape index (κ2) is 13.7. The molecule has 238 valence electrons. The second-order valence-electron chi connectivity index (χ2n) is 12.4. The third-order valence-corrected chi connectivity index (χ3v) is 9.40. The maximum absolute atomic E-state index is 13.9. The molecule has 2 N–H and O–H groups in total. The van der Waals surface area contributed by atoms with Crippen LogP contribution in [0.3, 0.4) is 0 Å². The normalized spacial score (nSPS) is 22.8. The first kappa shape index (κ1) is 30.6. The van der Waals surface area contributed by atoms with E-state index in [1.54, 1.807) is 26.5 Å². The molecule has 4 bridgehead atoms. The van der Waals surface area contributed by atoms with E-state index in [1.807, 2.05) is 29.2 Å². The number of rotatable bonds is 4. The van der Waals surface area contributed by atoms with Crippen LogP contribution in [0, 0.1) is 11.8 Å². The quantitative estimate of drug-likeness (QED) is 0.459. The summed E-state index contributed by atoms with van der Waals surface area (Å²) in [5.74, 6) is 1.74. The van der Waals surface area contributed by atoms with Crippen molar-refractivity contribution < 1.29 is 23.9 Å². The molecule has 0 spiro atoms. The number of benzene rings is 1. The van der Waals surface area contributed by atoms with Crippen LogP contribution in [0.15, 0.2) is 42.6 Å². The van der Waals surface area contributed by atoms with Crippen molar-refractivity contribution >= 4 is 17.7 Å². The van der Waals surface area contributed by atoms with Crippen molar-refractivity contribution in [3.63, 3.8) is 0 Å². The third kappa shape index (κ3) is 6.82. The molecule has 2 aromatic heterocycles. The van der Waals surface area contributed by atoms with E-state index in [4.69, 9.17) is 9.47 Å². The van der Waals surface area contributed by atoms with Crippen LogP contribution in [0.25, 0.3) is 11.4 Å². The molecule has 0 saturated carbocycles. The molecule has 3 atom stereocenters. The highest BCUT2D eigenvalue weighted by atomic mass is 16.5. The van der Waals surface area contributed by atoms with Crippen LogP contribution >= 0.6 is 0 Å². The van der Waals surface area contributed by atoms with Crippen molar-refractivity contribution in [3.05, 3.63) is 59.4 Å². The Bertz CT molecular complexity index is 1520. The summed E-state index contributed by atoms with van der Waals surface area (Å²) in [5.41, 5.74) is 3.82. The van der Waals surface area contributed by atoms with E-state index in [1.165, 1.54) is 0 Å². The molecule has 3 aliphatic rings. The van der Waals surface area contributed by atoms with Crippen molar-refractivity contribution in [2.45, 2.75) is 57.4 Å². The number of aromatic amines is 1. The Balaban J connectivity index is 1.20. The number of amides is 3. The second-order valence-corrected chi connectivity index (χ2v) is 12.4. The zero-order valence-electron chi connectivity index (χ0n) is 26.1. The molecular weight excluding hydrogens is 572 g/mol. The summed E-state index contributed by atoms with van der Waals surface area (Å²) in [7, 11) is 3.26. The van der Waals surface area contributed by atoms with Crippen molar-refractivity contribution in [3.8, 4) is 22.9 Å². The Morgan fingerprint density at radius 3 is 2.64 bits per heavy atom. The summed E-state index contributed by atoms with van der Waals surface area (Å²) in [5, 5.41) is 10.3. The average molecular weight is 615 g/mol. The molecule has 11 heteroatoms. The van der Waals surface area contributed by atoms with Crippen LogP contribution in [0.4, 0.5) is 0 Å². The number of pyridine rings is 1. The number of fused-ring (bicyclic) bond motifs is 6. The number of nitrogens with one attached hydrogen (secondary N) is 2. The molecule has 3 aromatic rings. The molecular formula is C34H42N6O5. The smallest absolute Gasteiger partial charge is 0.271 e. The molecule has 5 heterocycles. The molecule has 11 nitrogen and oxygen atoms in total. The maximum Gasteiger partial charge on any atom is 0.271 e. The molecule has 45 heavy (non-hydrogen) atoms. The van der Waals surface area contributed by atoms with Crippen molar-refractivity contribution in [2.75, 3.05) is 40.4 Å². The summed E-state index contributed by atoms with van der Waals surface area (Å²) in [4.78, 5) is 48.5. The Labute approximate surface area is 263 Å². The molecule has 6 rings (SSSR count). The molecule has 2 saturated heterocycles. The fourth-order valence-electron chi connectivity index (χ4n) is 7.32. The van der Waals surface area contributed by atoms with Gasteiger partial charge in [-0.2, -0.15) is 5.10 Å². The highest BCUT2D eigenvalue weighted by Crippen LogP contribution is 2.37. The number of carbonyl (C=O) groups excluding carboxylic acids is 3. The van der Waals surface area contributed by atoms with E-state index in [-0.39, 0.29) is 35.6 Å². The fraction of sp³-hybridized carbons (Fsp3) is 0.500. The molecule has 3 amide bonds. The van der Waals surface area contributed by atoms with Gasteiger partial charge in [0.1, 0.15) is 11.4 Å². The molecule has 2 fully saturated rings. The van der Waals surface area contributed by atoms with Gasteiger partial charge >= 0.3 is 0 Å². The number of hydrogen-bond donors (Lipinski definition) is 2. The highest BCUT2D eigenvalue weighted by Gasteiger charge is 2.43. The van der Waals surface area contributed by atoms with E-state index < -0.39 is 0 Å². The lowest BCUT2D eigenvalue weighted by atomic mass is 9.77. The predicted octanol–water partition coefficient (Wildman–Crippen LogP) is 3.64. The molecule has 0 unspecified atom stereocenters. The SMILES string of the molecule is COc1cc2cc(c1OC)CCCNC(=O)CCC[C@H]1[C@H]3C[C@@H](CN(C(=O)c4cc(-c5ccccn5)n[nH]4)C3)CN1C(=O)CC2. The Morgan fingerprint density at radius 2 is 1.84 bits per heavy atom. The number of nitrogens with zero attached hydrogens (tertiary/aromatic N) is 4. The number of aromatic nitrogens is 3. The number of H-pyrrole nitrogens is 1. The first-order chi connectivity index (χ1) is 21.9. The van der Waals surface area contributed by atoms with Crippen LogP contribution in [0.2, 0.25) is 0 Å². The van der Waals surface area contributed by atoms with Gasteiger partial charge in [0.25, 0.3) is 5.91 Å². The van der Waals surface area contributed by atoms with Crippen LogP contribution in [0.1, 0.15) is 60.1 Å². The van der Waals surface area contributed by atoms with E-state index >= 15 is 0 Å². The Kier molecular flexibility index (Phi) is 9.32. The van der Waals surface area contributed by atoms with Gasteiger partial charge in [0.15, 0.2) is 11.5 Å². The lowest BCUT2D eigenvalue weighted by Gasteiger charge is -2.51. The van der Waals surface area contributed by atoms with Crippen LogP contribution in [-0.4, -0.2) is 89.1 Å². The minimum absolute atomic E-state index is 0.0235. The van der Waals surface area contributed by atoms with Crippen LogP contribution < -0.4 is 14.8 Å². The van der Waals surface area contributed by atoms with Crippen LogP contribution in [0.5, 0.6) is 11.5 Å². The largest absolute Gasteiger partial charge is 0.493 e. The van der Waals surface area contributed by atoms with E-state index in [0.29, 0.717) is 80.4 Å². The zero-order valence-corrected chi connectivity index (χ0v) is 26.1. The fourth-order valence-corrected chi connectivity index (χ4v) is 7.32. The van der Waals surface area contributed by atoms with Crippen molar-refractivity contribution in [2.24, 2.45) is 11.8 Å². The monoisotopic (exact) mass is 614 g/mol. The number of ether oxygens (including phenoxy) is 2. The lowest BCUT2D eigenvalue weighted by Crippen LogP contribution is -2.60. The summed E-state index contributed by atoms with van der Waals surface area (Å²) in [6.45, 7) is 2.34. The molecule has 0 radical (unpaired) electrons. The van der Waals surface area contributed by atoms with Gasteiger partial charge in [-0.25, -0.2) is 0 Å². The Morgan fingerprint density at radius 1 is 0.956 bits per heavy atom. The van der Waals surface area contributed by atoms with Gasteiger partial charge in [0, 0.05) is 51.3 Å². The third-order valence-electron chi connectivity index (χ3n) is 9.40. The van der Waals surface area contributed by atoms with Crippen molar-refractivity contribution in [1.82, 2.24) is 30.3 Å². The molecule has 1 aromatic carbocycles. The van der Waals surface area contributed by atoms with Gasteiger partial charge in [0.05, 0.1) is 19.9 Å². The molecule has 3 aliphatic heterocycles. The number of methoxy groups -OCH3 is 2. The first-order valence-electron chi connectivity index (χ1n) is 16.0. The summed E-state index contributed by atoms with van der Waals surface area (Å²) in [6, 6.07) is 11.4. The number of piperidine rings is 2. The minimum Gasteiger partial charge on any atom is -0.493 e. The van der Waals surface area contributed by atoms with E-state index in [0.717, 1.165) is 36.8 Å². The van der Waals surface area contributed by atoms with Gasteiger partial charge in [0.2, 0.25) is 11.8 Å². The lowest BCUT2D eigenvalue weighted by molar-refractivity contribution is -0.140. The summed E-state index contributed by atoms with van der Waals surface area (Å²) < 4.78 is 11.3. The maximum atomic E-state index is 13.9. The van der Waals surface area contributed by atoms with Gasteiger partial charge in [-0.1, -0.05) is 12.1 Å². The van der Waals surface area contributed by atoms with E-state index in [9.17, 15) is 14.4 Å².